The Morgan fingerprint density at radius 2 is 2.00 bits per heavy atom. The van der Waals surface area contributed by atoms with Gasteiger partial charge >= 0.3 is 0 Å². The van der Waals surface area contributed by atoms with Crippen molar-refractivity contribution >= 4 is 11.1 Å². The molecule has 0 saturated carbocycles. The Hall–Kier alpha value is -2.36. The third kappa shape index (κ3) is 3.11. The molecule has 0 aliphatic heterocycles. The van der Waals surface area contributed by atoms with Gasteiger partial charge in [-0.3, -0.25) is 4.98 Å². The molecule has 0 radical (unpaired) electrons. The van der Waals surface area contributed by atoms with Gasteiger partial charge in [-0.15, -0.1) is 0 Å². The van der Waals surface area contributed by atoms with Crippen LogP contribution in [0.15, 0.2) is 41.1 Å². The predicted molar refractivity (Wildman–Crippen MR) is 86.9 cm³/mol. The summed E-state index contributed by atoms with van der Waals surface area (Å²) in [6.07, 6.45) is 3.43. The molecule has 2 aromatic heterocycles. The van der Waals surface area contributed by atoms with E-state index < -0.39 is 0 Å². The number of oxazole rings is 1. The molecule has 0 fully saturated rings. The topological polar surface area (TPSA) is 48.2 Å². The number of aromatic nitrogens is 2. The lowest BCUT2D eigenvalue weighted by atomic mass is 9.99. The van der Waals surface area contributed by atoms with E-state index in [-0.39, 0.29) is 5.41 Å². The summed E-state index contributed by atoms with van der Waals surface area (Å²) in [4.78, 5) is 8.72. The fourth-order valence-electron chi connectivity index (χ4n) is 2.12. The van der Waals surface area contributed by atoms with Gasteiger partial charge in [0, 0.05) is 6.20 Å². The normalized spacial score (nSPS) is 11.8. The fourth-order valence-corrected chi connectivity index (χ4v) is 2.12. The van der Waals surface area contributed by atoms with Crippen LogP contribution >= 0.6 is 0 Å². The summed E-state index contributed by atoms with van der Waals surface area (Å²) < 4.78 is 11.8. The van der Waals surface area contributed by atoms with E-state index in [1.807, 2.05) is 31.2 Å². The molecule has 0 N–H and O–H groups in total. The van der Waals surface area contributed by atoms with Crippen molar-refractivity contribution in [2.75, 3.05) is 6.61 Å². The van der Waals surface area contributed by atoms with Crippen molar-refractivity contribution < 1.29 is 9.15 Å². The van der Waals surface area contributed by atoms with E-state index in [1.54, 1.807) is 12.4 Å². The highest BCUT2D eigenvalue weighted by atomic mass is 16.5. The molecular weight excluding hydrogens is 276 g/mol. The number of pyridine rings is 1. The van der Waals surface area contributed by atoms with E-state index in [2.05, 4.69) is 30.7 Å². The maximum absolute atomic E-state index is 5.91. The molecule has 0 bridgehead atoms. The van der Waals surface area contributed by atoms with Gasteiger partial charge in [0.05, 0.1) is 18.4 Å². The number of nitrogens with zero attached hydrogens (tertiary/aromatic N) is 2. The first kappa shape index (κ1) is 14.6. The highest BCUT2D eigenvalue weighted by Gasteiger charge is 2.16. The lowest BCUT2D eigenvalue weighted by Crippen LogP contribution is -2.17. The minimum atomic E-state index is 0.0749. The van der Waals surface area contributed by atoms with Crippen LogP contribution < -0.4 is 4.74 Å². The quantitative estimate of drug-likeness (QED) is 0.707. The van der Waals surface area contributed by atoms with Crippen LogP contribution in [-0.2, 0) is 0 Å². The van der Waals surface area contributed by atoms with Gasteiger partial charge in [-0.2, -0.15) is 0 Å². The first-order valence-electron chi connectivity index (χ1n) is 7.37. The molecule has 0 aliphatic carbocycles. The smallest absolute Gasteiger partial charge is 0.231 e. The van der Waals surface area contributed by atoms with Crippen molar-refractivity contribution in [2.45, 2.75) is 27.7 Å². The number of rotatable bonds is 3. The van der Waals surface area contributed by atoms with E-state index in [4.69, 9.17) is 9.15 Å². The average molecular weight is 296 g/mol. The van der Waals surface area contributed by atoms with Gasteiger partial charge in [-0.05, 0) is 36.1 Å². The van der Waals surface area contributed by atoms with E-state index in [0.717, 1.165) is 22.2 Å². The van der Waals surface area contributed by atoms with Crippen LogP contribution in [0.5, 0.6) is 5.75 Å². The van der Waals surface area contributed by atoms with Crippen molar-refractivity contribution in [3.8, 4) is 17.2 Å². The maximum Gasteiger partial charge on any atom is 0.231 e. The molecule has 0 atom stereocenters. The third-order valence-corrected chi connectivity index (χ3v) is 3.22. The van der Waals surface area contributed by atoms with Gasteiger partial charge < -0.3 is 9.15 Å². The number of ether oxygens (including phenoxy) is 1. The number of aryl methyl sites for hydroxylation is 1. The monoisotopic (exact) mass is 296 g/mol. The second-order valence-electron chi connectivity index (χ2n) is 6.71. The molecule has 3 rings (SSSR count). The lowest BCUT2D eigenvalue weighted by Gasteiger charge is -2.19. The van der Waals surface area contributed by atoms with E-state index in [1.165, 1.54) is 0 Å². The maximum atomic E-state index is 5.91. The van der Waals surface area contributed by atoms with Gasteiger partial charge in [0.15, 0.2) is 5.58 Å². The standard InChI is InChI=1S/C18H20N2O2/c1-12-5-6-15-14(9-12)20-17(22-15)13-7-8-19-10-16(13)21-11-18(2,3)4/h5-10H,11H2,1-4H3. The van der Waals surface area contributed by atoms with Crippen LogP contribution in [-0.4, -0.2) is 16.6 Å². The van der Waals surface area contributed by atoms with E-state index in [9.17, 15) is 0 Å². The number of hydrogen-bond donors (Lipinski definition) is 0. The zero-order chi connectivity index (χ0) is 15.7. The molecule has 22 heavy (non-hydrogen) atoms. The van der Waals surface area contributed by atoms with Crippen molar-refractivity contribution in [3.05, 3.63) is 42.2 Å². The second-order valence-corrected chi connectivity index (χ2v) is 6.71. The van der Waals surface area contributed by atoms with Gasteiger partial charge in [0.1, 0.15) is 11.3 Å². The molecule has 3 aromatic rings. The zero-order valence-electron chi connectivity index (χ0n) is 13.4. The Labute approximate surface area is 130 Å². The molecule has 0 spiro atoms. The molecule has 0 saturated heterocycles. The largest absolute Gasteiger partial charge is 0.491 e. The highest BCUT2D eigenvalue weighted by molar-refractivity contribution is 5.78. The van der Waals surface area contributed by atoms with Crippen molar-refractivity contribution in [3.63, 3.8) is 0 Å². The predicted octanol–water partition coefficient (Wildman–Crippen LogP) is 4.62. The minimum Gasteiger partial charge on any atom is -0.491 e. The van der Waals surface area contributed by atoms with Gasteiger partial charge in [0.25, 0.3) is 0 Å². The number of hydrogen-bond acceptors (Lipinski definition) is 4. The first-order valence-corrected chi connectivity index (χ1v) is 7.37. The Morgan fingerprint density at radius 1 is 1.18 bits per heavy atom. The molecule has 0 unspecified atom stereocenters. The molecule has 0 amide bonds. The van der Waals surface area contributed by atoms with Crippen LogP contribution in [0.4, 0.5) is 0 Å². The zero-order valence-corrected chi connectivity index (χ0v) is 13.4. The Kier molecular flexibility index (Phi) is 3.61. The Bertz CT molecular complexity index is 800. The van der Waals surface area contributed by atoms with Crippen LogP contribution in [0, 0.1) is 12.3 Å². The van der Waals surface area contributed by atoms with E-state index in [0.29, 0.717) is 18.2 Å². The highest BCUT2D eigenvalue weighted by Crippen LogP contribution is 2.32. The first-order chi connectivity index (χ1) is 10.4. The SMILES string of the molecule is Cc1ccc2oc(-c3ccncc3OCC(C)(C)C)nc2c1. The molecule has 1 aromatic carbocycles. The van der Waals surface area contributed by atoms with Gasteiger partial charge in [-0.25, -0.2) is 4.98 Å². The summed E-state index contributed by atoms with van der Waals surface area (Å²) >= 11 is 0. The summed E-state index contributed by atoms with van der Waals surface area (Å²) in [5.74, 6) is 1.26. The molecule has 2 heterocycles. The Balaban J connectivity index is 1.99. The summed E-state index contributed by atoms with van der Waals surface area (Å²) in [5.41, 5.74) is 3.69. The number of fused-ring (bicyclic) bond motifs is 1. The molecule has 4 heteroatoms. The lowest BCUT2D eigenvalue weighted by molar-refractivity contribution is 0.198. The molecule has 4 nitrogen and oxygen atoms in total. The average Bonchev–Trinajstić information content (AvgIpc) is 2.87. The van der Waals surface area contributed by atoms with Gasteiger partial charge in [-0.1, -0.05) is 26.8 Å². The van der Waals surface area contributed by atoms with Gasteiger partial charge in [0.2, 0.25) is 5.89 Å². The molecule has 114 valence electrons. The summed E-state index contributed by atoms with van der Waals surface area (Å²) in [5, 5.41) is 0. The third-order valence-electron chi connectivity index (χ3n) is 3.22. The summed E-state index contributed by atoms with van der Waals surface area (Å²) in [7, 11) is 0. The summed E-state index contributed by atoms with van der Waals surface area (Å²) in [6, 6.07) is 7.84. The molecular formula is C18H20N2O2. The van der Waals surface area contributed by atoms with E-state index >= 15 is 0 Å². The van der Waals surface area contributed by atoms with Crippen LogP contribution in [0.1, 0.15) is 26.3 Å². The van der Waals surface area contributed by atoms with Crippen molar-refractivity contribution in [1.82, 2.24) is 9.97 Å². The molecule has 0 aliphatic rings. The van der Waals surface area contributed by atoms with Crippen molar-refractivity contribution in [2.24, 2.45) is 5.41 Å². The minimum absolute atomic E-state index is 0.0749. The van der Waals surface area contributed by atoms with Crippen LogP contribution in [0.25, 0.3) is 22.6 Å². The summed E-state index contributed by atoms with van der Waals surface area (Å²) in [6.45, 7) is 9.03. The number of benzene rings is 1. The fraction of sp³-hybridized carbons (Fsp3) is 0.333. The second kappa shape index (κ2) is 5.44. The van der Waals surface area contributed by atoms with Crippen LogP contribution in [0.2, 0.25) is 0 Å². The van der Waals surface area contributed by atoms with Crippen LogP contribution in [0.3, 0.4) is 0 Å². The Morgan fingerprint density at radius 3 is 2.77 bits per heavy atom. The van der Waals surface area contributed by atoms with Crippen molar-refractivity contribution in [1.29, 1.82) is 0 Å².